The van der Waals surface area contributed by atoms with Crippen LogP contribution in [-0.4, -0.2) is 45.5 Å². The molecule has 0 aliphatic carbocycles. The lowest BCUT2D eigenvalue weighted by molar-refractivity contribution is 0.413. The predicted octanol–water partition coefficient (Wildman–Crippen LogP) is 4.64. The molecule has 0 saturated carbocycles. The van der Waals surface area contributed by atoms with Crippen LogP contribution in [0.1, 0.15) is 16.8 Å². The van der Waals surface area contributed by atoms with Crippen LogP contribution in [0, 0.1) is 6.92 Å². The fraction of sp³-hybridized carbons (Fsp3) is 0.273. The van der Waals surface area contributed by atoms with Crippen LogP contribution in [0.2, 0.25) is 5.02 Å². The van der Waals surface area contributed by atoms with Crippen LogP contribution in [-0.2, 0) is 12.8 Å². The monoisotopic (exact) mass is 438 g/mol. The van der Waals surface area contributed by atoms with Crippen LogP contribution in [0.5, 0.6) is 0 Å². The summed E-state index contributed by atoms with van der Waals surface area (Å²) < 4.78 is 0. The molecule has 2 aromatic heterocycles. The lowest BCUT2D eigenvalue weighted by Gasteiger charge is -2.13. The molecule has 4 rings (SSSR count). The quantitative estimate of drug-likeness (QED) is 0.562. The molecule has 0 radical (unpaired) electrons. The summed E-state index contributed by atoms with van der Waals surface area (Å²) in [6, 6.07) is 7.81. The number of halogens is 1. The number of hydrogen-bond acceptors (Lipinski definition) is 6. The topological polar surface area (TPSA) is 66.0 Å². The number of aromatic nitrogens is 3. The van der Waals surface area contributed by atoms with Crippen molar-refractivity contribution in [2.45, 2.75) is 19.8 Å². The van der Waals surface area contributed by atoms with E-state index >= 15 is 0 Å². The molecule has 1 aliphatic heterocycles. The first-order valence-electron chi connectivity index (χ1n) is 9.72. The molecule has 0 atom stereocenters. The second-order valence-electron chi connectivity index (χ2n) is 7.64. The fourth-order valence-corrected chi connectivity index (χ4v) is 3.77. The van der Waals surface area contributed by atoms with Gasteiger partial charge in [-0.2, -0.15) is 0 Å². The Hall–Kier alpha value is -2.61. The zero-order valence-corrected chi connectivity index (χ0v) is 18.7. The number of nitrogens with zero attached hydrogens (tertiary/aromatic N) is 4. The van der Waals surface area contributed by atoms with E-state index in [-0.39, 0.29) is 0 Å². The van der Waals surface area contributed by atoms with Crippen LogP contribution >= 0.6 is 23.8 Å². The van der Waals surface area contributed by atoms with Crippen molar-refractivity contribution in [2.24, 2.45) is 0 Å². The van der Waals surface area contributed by atoms with E-state index in [4.69, 9.17) is 28.8 Å². The zero-order chi connectivity index (χ0) is 21.3. The largest absolute Gasteiger partial charge is 0.349 e. The minimum atomic E-state index is 0.525. The van der Waals surface area contributed by atoms with Gasteiger partial charge in [-0.05, 0) is 57.3 Å². The average Bonchev–Trinajstić information content (AvgIpc) is 2.83. The van der Waals surface area contributed by atoms with Crippen LogP contribution < -0.4 is 10.6 Å². The summed E-state index contributed by atoms with van der Waals surface area (Å²) in [6.45, 7) is 2.94. The Labute approximate surface area is 186 Å². The number of fused-ring (bicyclic) bond motifs is 3. The third kappa shape index (κ3) is 4.59. The van der Waals surface area contributed by atoms with Gasteiger partial charge < -0.3 is 15.5 Å². The van der Waals surface area contributed by atoms with E-state index in [0.717, 1.165) is 51.8 Å². The molecule has 0 fully saturated rings. The van der Waals surface area contributed by atoms with Crippen molar-refractivity contribution in [1.29, 1.82) is 0 Å². The Bertz CT molecular complexity index is 1110. The summed E-state index contributed by atoms with van der Waals surface area (Å²) in [7, 11) is 4.13. The molecule has 0 bridgehead atoms. The highest BCUT2D eigenvalue weighted by atomic mass is 35.5. The molecule has 1 aromatic carbocycles. The average molecular weight is 439 g/mol. The molecule has 3 heterocycles. The van der Waals surface area contributed by atoms with E-state index in [9.17, 15) is 0 Å². The van der Waals surface area contributed by atoms with Crippen LogP contribution in [0.4, 0.5) is 17.3 Å². The van der Waals surface area contributed by atoms with Gasteiger partial charge in [0.25, 0.3) is 0 Å². The number of thiocarbonyl (C=S) groups is 1. The van der Waals surface area contributed by atoms with E-state index < -0.39 is 0 Å². The van der Waals surface area contributed by atoms with E-state index in [0.29, 0.717) is 17.4 Å². The number of nitrogens with one attached hydrogen (secondary N) is 2. The zero-order valence-electron chi connectivity index (χ0n) is 17.2. The molecule has 0 amide bonds. The molecule has 0 spiro atoms. The molecule has 0 saturated heterocycles. The third-order valence-electron chi connectivity index (χ3n) is 4.96. The van der Waals surface area contributed by atoms with Crippen molar-refractivity contribution in [1.82, 2.24) is 19.9 Å². The maximum atomic E-state index is 6.18. The molecule has 6 nitrogen and oxygen atoms in total. The van der Waals surface area contributed by atoms with Crippen LogP contribution in [0.3, 0.4) is 0 Å². The molecule has 2 N–H and O–H groups in total. The van der Waals surface area contributed by atoms with E-state index in [2.05, 4.69) is 45.7 Å². The van der Waals surface area contributed by atoms with Crippen molar-refractivity contribution in [3.63, 3.8) is 0 Å². The maximum absolute atomic E-state index is 6.18. The second kappa shape index (κ2) is 8.63. The Morgan fingerprint density at radius 1 is 1.20 bits per heavy atom. The van der Waals surface area contributed by atoms with Crippen molar-refractivity contribution in [2.75, 3.05) is 31.3 Å². The summed E-state index contributed by atoms with van der Waals surface area (Å²) in [6.07, 6.45) is 5.27. The van der Waals surface area contributed by atoms with Crippen molar-refractivity contribution in [3.05, 3.63) is 58.5 Å². The summed E-state index contributed by atoms with van der Waals surface area (Å²) in [4.78, 5) is 16.8. The van der Waals surface area contributed by atoms with Gasteiger partial charge in [0.2, 0.25) is 5.95 Å². The number of hydrogen-bond donors (Lipinski definition) is 2. The minimum absolute atomic E-state index is 0.525. The number of aryl methyl sites for hydroxylation is 1. The van der Waals surface area contributed by atoms with E-state index in [1.165, 1.54) is 5.56 Å². The summed E-state index contributed by atoms with van der Waals surface area (Å²) in [5, 5.41) is 7.26. The normalized spacial score (nSPS) is 12.8. The van der Waals surface area contributed by atoms with Crippen LogP contribution in [0.15, 0.2) is 36.7 Å². The number of pyridine rings is 1. The second-order valence-corrected chi connectivity index (χ2v) is 8.57. The minimum Gasteiger partial charge on any atom is -0.349 e. The Morgan fingerprint density at radius 2 is 2.03 bits per heavy atom. The SMILES string of the molecule is Cc1ncc(CCN(C)C)cc1Nc1ncc2c(n1)-c1ccc(Cl)cc1NC(=S)C2. The Morgan fingerprint density at radius 3 is 2.83 bits per heavy atom. The van der Waals surface area contributed by atoms with Gasteiger partial charge in [-0.25, -0.2) is 9.97 Å². The van der Waals surface area contributed by atoms with Gasteiger partial charge in [0.15, 0.2) is 0 Å². The van der Waals surface area contributed by atoms with E-state index in [1.807, 2.05) is 37.5 Å². The molecule has 3 aromatic rings. The summed E-state index contributed by atoms with van der Waals surface area (Å²) in [5.74, 6) is 0.525. The van der Waals surface area contributed by atoms with Gasteiger partial charge in [-0.15, -0.1) is 0 Å². The number of likely N-dealkylation sites (N-methyl/N-ethyl adjacent to an activating group) is 1. The van der Waals surface area contributed by atoms with E-state index in [1.54, 1.807) is 0 Å². The smallest absolute Gasteiger partial charge is 0.227 e. The molecule has 154 valence electrons. The first kappa shape index (κ1) is 20.7. The first-order chi connectivity index (χ1) is 14.4. The van der Waals surface area contributed by atoms with Crippen LogP contribution in [0.25, 0.3) is 11.3 Å². The number of anilines is 3. The van der Waals surface area contributed by atoms with Gasteiger partial charge in [0.1, 0.15) is 0 Å². The maximum Gasteiger partial charge on any atom is 0.227 e. The Kier molecular flexibility index (Phi) is 5.94. The lowest BCUT2D eigenvalue weighted by Crippen LogP contribution is -2.15. The van der Waals surface area contributed by atoms with Crippen molar-refractivity contribution in [3.8, 4) is 11.3 Å². The van der Waals surface area contributed by atoms with Gasteiger partial charge in [-0.1, -0.05) is 23.8 Å². The highest BCUT2D eigenvalue weighted by Crippen LogP contribution is 2.35. The summed E-state index contributed by atoms with van der Waals surface area (Å²) >= 11 is 11.6. The molecule has 30 heavy (non-hydrogen) atoms. The molecular weight excluding hydrogens is 416 g/mol. The van der Waals surface area contributed by atoms with Crippen molar-refractivity contribution >= 4 is 46.1 Å². The fourth-order valence-electron chi connectivity index (χ4n) is 3.34. The van der Waals surface area contributed by atoms with Crippen molar-refractivity contribution < 1.29 is 0 Å². The number of benzene rings is 1. The molecule has 8 heteroatoms. The molecular formula is C22H23ClN6S. The summed E-state index contributed by atoms with van der Waals surface area (Å²) in [5.41, 5.74) is 6.62. The van der Waals surface area contributed by atoms with Gasteiger partial charge in [-0.3, -0.25) is 4.98 Å². The number of rotatable bonds is 5. The molecule has 1 aliphatic rings. The molecule has 0 unspecified atom stereocenters. The predicted molar refractivity (Wildman–Crippen MR) is 127 cm³/mol. The first-order valence-corrected chi connectivity index (χ1v) is 10.5. The van der Waals surface area contributed by atoms with Gasteiger partial charge in [0.05, 0.1) is 22.1 Å². The third-order valence-corrected chi connectivity index (χ3v) is 5.45. The van der Waals surface area contributed by atoms with Gasteiger partial charge in [0, 0.05) is 47.2 Å². The Balaban J connectivity index is 1.68. The highest BCUT2D eigenvalue weighted by molar-refractivity contribution is 7.80. The highest BCUT2D eigenvalue weighted by Gasteiger charge is 2.20. The lowest BCUT2D eigenvalue weighted by atomic mass is 10.1. The van der Waals surface area contributed by atoms with Gasteiger partial charge >= 0.3 is 0 Å². The standard InChI is InChI=1S/C22H23ClN6S/c1-13-18(8-14(11-24-13)6-7-29(2)3)27-22-25-12-15-9-20(30)26-19-10-16(23)4-5-17(19)21(15)28-22/h4-5,8,10-12H,6-7,9H2,1-3H3,(H,26,30)(H,25,27,28).